The number of alkyl carbamates (subject to hydrolysis) is 1. The Labute approximate surface area is 290 Å². The molecular weight excluding hydrogens is 644 g/mol. The third kappa shape index (κ3) is 11.9. The summed E-state index contributed by atoms with van der Waals surface area (Å²) in [6.07, 6.45) is 3.37. The molecule has 0 fully saturated rings. The smallest absolute Gasteiger partial charge is 0.407 e. The molecule has 2 aromatic carbocycles. The average Bonchev–Trinajstić information content (AvgIpc) is 3.79. The summed E-state index contributed by atoms with van der Waals surface area (Å²) < 4.78 is 10.5. The van der Waals surface area contributed by atoms with Gasteiger partial charge < -0.3 is 35.1 Å². The van der Waals surface area contributed by atoms with Crippen molar-refractivity contribution in [2.45, 2.75) is 70.5 Å². The summed E-state index contributed by atoms with van der Waals surface area (Å²) in [7, 11) is 1.64. The minimum Gasteiger partial charge on any atom is -0.445 e. The molecule has 260 valence electrons. The van der Waals surface area contributed by atoms with E-state index in [0.717, 1.165) is 21.8 Å². The Kier molecular flexibility index (Phi) is 13.9. The molecule has 0 saturated carbocycles. The molecule has 0 aliphatic rings. The monoisotopic (exact) mass is 688 g/mol. The number of thiazole rings is 1. The molecule has 49 heavy (non-hydrogen) atoms. The lowest BCUT2D eigenvalue weighted by molar-refractivity contribution is -0.124. The lowest BCUT2D eigenvalue weighted by Gasteiger charge is -2.30. The van der Waals surface area contributed by atoms with Crippen molar-refractivity contribution in [2.24, 2.45) is 5.92 Å². The molecule has 0 spiro atoms. The van der Waals surface area contributed by atoms with E-state index in [1.807, 2.05) is 79.9 Å². The molecular formula is C36H44N6O6S. The quantitative estimate of drug-likeness (QED) is 0.121. The van der Waals surface area contributed by atoms with E-state index in [0.29, 0.717) is 18.6 Å². The molecule has 13 heteroatoms. The molecule has 2 aromatic heterocycles. The highest BCUT2D eigenvalue weighted by molar-refractivity contribution is 7.10. The molecule has 12 nitrogen and oxygen atoms in total. The normalized spacial score (nSPS) is 13.5. The van der Waals surface area contributed by atoms with Crippen molar-refractivity contribution in [2.75, 3.05) is 7.05 Å². The van der Waals surface area contributed by atoms with Crippen LogP contribution >= 0.6 is 11.3 Å². The third-order valence-corrected chi connectivity index (χ3v) is 8.70. The minimum atomic E-state index is -1.08. The fourth-order valence-electron chi connectivity index (χ4n) is 5.22. The Balaban J connectivity index is 1.47. The molecule has 0 bridgehead atoms. The van der Waals surface area contributed by atoms with Crippen molar-refractivity contribution in [3.8, 4) is 0 Å². The van der Waals surface area contributed by atoms with Gasteiger partial charge >= 0.3 is 12.1 Å². The number of ether oxygens (including phenoxy) is 1. The highest BCUT2D eigenvalue weighted by atomic mass is 32.1. The van der Waals surface area contributed by atoms with E-state index < -0.39 is 36.4 Å². The number of aliphatic hydroxyl groups excluding tert-OH is 1. The maximum absolute atomic E-state index is 13.8. The number of urea groups is 1. The molecule has 4 amide bonds. The van der Waals surface area contributed by atoms with Gasteiger partial charge in [0.2, 0.25) is 5.91 Å². The largest absolute Gasteiger partial charge is 0.445 e. The number of hydrogen-bond donors (Lipinski definition) is 4. The van der Waals surface area contributed by atoms with E-state index >= 15 is 0 Å². The van der Waals surface area contributed by atoms with Gasteiger partial charge in [0.15, 0.2) is 18.8 Å². The van der Waals surface area contributed by atoms with Crippen molar-refractivity contribution < 1.29 is 28.6 Å². The van der Waals surface area contributed by atoms with Crippen molar-refractivity contribution in [1.82, 2.24) is 30.8 Å². The molecule has 0 aliphatic carbocycles. The number of rotatable bonds is 17. The van der Waals surface area contributed by atoms with Crippen LogP contribution in [0.25, 0.3) is 6.08 Å². The highest BCUT2D eigenvalue weighted by Gasteiger charge is 2.31. The Morgan fingerprint density at radius 3 is 2.29 bits per heavy atom. The standard InChI is InChI=1S/C36H44N6O6S/c1-5-32-38-28(22-49-32)20-42(4)35(45)41-33(24(2)3)34(44)39-27(16-25-12-8-6-9-13-25)18-31(43)30(17-26-14-10-7-11-15-26)40-36(46)47-21-29-19-37-23-48-29/h5-15,19,22-24,27,30-31,33,43H,1,16-18,20-21H2,2-4H3,(H,39,44)(H,40,46)(H,41,45)/t27-,30-,31-,33-/m0/s1. The SMILES string of the molecule is C=Cc1nc(CN(C)C(=O)N[C@H](C(=O)N[C@@H](Cc2ccccc2)C[C@H](O)[C@H](Cc2ccccc2)NC(=O)OCc2cnco2)C(C)C)cs1. The summed E-state index contributed by atoms with van der Waals surface area (Å²) in [5.41, 5.74) is 2.57. The van der Waals surface area contributed by atoms with Crippen LogP contribution in [0, 0.1) is 5.92 Å². The number of oxazole rings is 1. The molecule has 4 rings (SSSR count). The van der Waals surface area contributed by atoms with Gasteiger partial charge in [-0.25, -0.2) is 19.6 Å². The Bertz CT molecular complexity index is 1620. The first-order chi connectivity index (χ1) is 23.6. The van der Waals surface area contributed by atoms with Gasteiger partial charge in [-0.2, -0.15) is 0 Å². The second-order valence-corrected chi connectivity index (χ2v) is 13.0. The van der Waals surface area contributed by atoms with Crippen molar-refractivity contribution in [1.29, 1.82) is 0 Å². The molecule has 4 aromatic rings. The third-order valence-electron chi connectivity index (χ3n) is 7.81. The highest BCUT2D eigenvalue weighted by Crippen LogP contribution is 2.16. The number of aliphatic hydroxyl groups is 1. The minimum absolute atomic E-state index is 0.106. The Morgan fingerprint density at radius 2 is 1.69 bits per heavy atom. The zero-order chi connectivity index (χ0) is 35.2. The van der Waals surface area contributed by atoms with Crippen molar-refractivity contribution in [3.05, 3.63) is 113 Å². The van der Waals surface area contributed by atoms with E-state index in [1.165, 1.54) is 28.8 Å². The van der Waals surface area contributed by atoms with E-state index in [1.54, 1.807) is 13.1 Å². The fourth-order valence-corrected chi connectivity index (χ4v) is 5.87. The number of hydrogen-bond acceptors (Lipinski definition) is 9. The maximum Gasteiger partial charge on any atom is 0.407 e. The van der Waals surface area contributed by atoms with E-state index in [2.05, 4.69) is 32.5 Å². The van der Waals surface area contributed by atoms with Crippen LogP contribution in [-0.2, 0) is 35.5 Å². The second-order valence-electron chi connectivity index (χ2n) is 12.1. The Hall–Kier alpha value is -5.01. The van der Waals surface area contributed by atoms with Gasteiger partial charge in [-0.05, 0) is 42.4 Å². The van der Waals surface area contributed by atoms with Gasteiger partial charge in [0.05, 0.1) is 30.6 Å². The summed E-state index contributed by atoms with van der Waals surface area (Å²) in [4.78, 5) is 49.5. The van der Waals surface area contributed by atoms with E-state index in [9.17, 15) is 19.5 Å². The van der Waals surface area contributed by atoms with Crippen LogP contribution in [-0.4, -0.2) is 69.3 Å². The van der Waals surface area contributed by atoms with Crippen molar-refractivity contribution in [3.63, 3.8) is 0 Å². The zero-order valence-electron chi connectivity index (χ0n) is 28.0. The van der Waals surface area contributed by atoms with Gasteiger partial charge in [0.1, 0.15) is 11.0 Å². The van der Waals surface area contributed by atoms with Crippen LogP contribution in [0.1, 0.15) is 47.9 Å². The van der Waals surface area contributed by atoms with Crippen LogP contribution in [0.3, 0.4) is 0 Å². The summed E-state index contributed by atoms with van der Waals surface area (Å²) in [6.45, 7) is 7.58. The molecule has 0 radical (unpaired) electrons. The number of benzene rings is 2. The zero-order valence-corrected chi connectivity index (χ0v) is 28.8. The molecule has 2 heterocycles. The Morgan fingerprint density at radius 1 is 1.02 bits per heavy atom. The second kappa shape index (κ2) is 18.5. The summed E-state index contributed by atoms with van der Waals surface area (Å²) in [5, 5.41) is 23.0. The average molecular weight is 689 g/mol. The maximum atomic E-state index is 13.8. The predicted octanol–water partition coefficient (Wildman–Crippen LogP) is 4.96. The molecule has 4 atom stereocenters. The van der Waals surface area contributed by atoms with Gasteiger partial charge in [-0.3, -0.25) is 4.79 Å². The summed E-state index contributed by atoms with van der Waals surface area (Å²) in [5.74, 6) is -0.242. The lowest BCUT2D eigenvalue weighted by Crippen LogP contribution is -2.55. The topological polar surface area (TPSA) is 159 Å². The van der Waals surface area contributed by atoms with Gasteiger partial charge in [0, 0.05) is 18.5 Å². The molecule has 0 saturated heterocycles. The fraction of sp³-hybridized carbons (Fsp3) is 0.361. The molecule has 0 aliphatic heterocycles. The lowest BCUT2D eigenvalue weighted by atomic mass is 9.93. The first-order valence-electron chi connectivity index (χ1n) is 16.1. The first-order valence-corrected chi connectivity index (χ1v) is 16.9. The van der Waals surface area contributed by atoms with Crippen LogP contribution < -0.4 is 16.0 Å². The van der Waals surface area contributed by atoms with E-state index in [-0.39, 0.29) is 31.4 Å². The summed E-state index contributed by atoms with van der Waals surface area (Å²) >= 11 is 1.44. The van der Waals surface area contributed by atoms with Gasteiger partial charge in [-0.1, -0.05) is 81.1 Å². The van der Waals surface area contributed by atoms with E-state index in [4.69, 9.17) is 9.15 Å². The molecule has 0 unspecified atom stereocenters. The van der Waals surface area contributed by atoms with Crippen LogP contribution in [0.15, 0.2) is 89.6 Å². The summed E-state index contributed by atoms with van der Waals surface area (Å²) in [6, 6.07) is 16.5. The first kappa shape index (κ1) is 36.8. The number of nitrogens with one attached hydrogen (secondary N) is 3. The van der Waals surface area contributed by atoms with Crippen LogP contribution in [0.2, 0.25) is 0 Å². The number of carbonyl (C=O) groups is 3. The number of nitrogens with zero attached hydrogens (tertiary/aromatic N) is 3. The van der Waals surface area contributed by atoms with Crippen LogP contribution in [0.5, 0.6) is 0 Å². The predicted molar refractivity (Wildman–Crippen MR) is 187 cm³/mol. The number of carbonyl (C=O) groups excluding carboxylic acids is 3. The molecule has 4 N–H and O–H groups in total. The van der Waals surface area contributed by atoms with Crippen molar-refractivity contribution >= 4 is 35.4 Å². The van der Waals surface area contributed by atoms with Crippen LogP contribution in [0.4, 0.5) is 9.59 Å². The van der Waals surface area contributed by atoms with Gasteiger partial charge in [-0.15, -0.1) is 11.3 Å². The number of aromatic nitrogens is 2. The van der Waals surface area contributed by atoms with Gasteiger partial charge in [0.25, 0.3) is 0 Å². The number of amides is 4.